The summed E-state index contributed by atoms with van der Waals surface area (Å²) in [6.45, 7) is -13.4. The van der Waals surface area contributed by atoms with Crippen LogP contribution in [-0.4, -0.2) is 48.6 Å². The Balaban J connectivity index is 1.97. The number of nitrogens with one attached hydrogen (secondary N) is 1. The van der Waals surface area contributed by atoms with Crippen molar-refractivity contribution in [3.05, 3.63) is 65.4 Å². The Hall–Kier alpha value is -2.60. The summed E-state index contributed by atoms with van der Waals surface area (Å²) in [6, 6.07) is -0.849. The Kier molecular flexibility index (Phi) is 3.72. The highest BCUT2D eigenvalue weighted by molar-refractivity contribution is 5.74. The van der Waals surface area contributed by atoms with Crippen molar-refractivity contribution >= 4 is 6.03 Å². The number of piperidine rings is 1. The highest BCUT2D eigenvalue weighted by Gasteiger charge is 2.27. The van der Waals surface area contributed by atoms with E-state index in [0.29, 0.717) is 25.9 Å². The van der Waals surface area contributed by atoms with Gasteiger partial charge in [-0.2, -0.15) is 0 Å². The van der Waals surface area contributed by atoms with Gasteiger partial charge in [-0.25, -0.2) is 9.18 Å². The van der Waals surface area contributed by atoms with Crippen molar-refractivity contribution in [3.63, 3.8) is 0 Å². The molecule has 0 radical (unpaired) electrons. The maximum Gasteiger partial charge on any atom is 0.318 e. The lowest BCUT2D eigenvalue weighted by molar-refractivity contribution is 0.127. The standard InChI is InChI=1S/C25H34FN3O2/c1-19(2)18-31-24-10-6-20(7-11-24)16-27-25(30)29(23-12-14-28(3)15-13-23)17-21-4-8-22(26)9-5-21/h4-11,19,23H,12-18H2,1-3H3,(H,27,30)/i1D3,2D3,6D,7D,10D,11D,17D2,18D2,19D. The maximum absolute atomic E-state index is 13.6. The fraction of sp³-hybridized carbons (Fsp3) is 0.480. The summed E-state index contributed by atoms with van der Waals surface area (Å²) in [5, 5.41) is 2.42. The molecule has 1 aliphatic rings. The van der Waals surface area contributed by atoms with Crippen LogP contribution in [0, 0.1) is 11.7 Å². The third-order valence-electron chi connectivity index (χ3n) is 4.69. The number of hydrogen-bond acceptors (Lipinski definition) is 3. The molecule has 5 nitrogen and oxygen atoms in total. The minimum absolute atomic E-state index is 0.0115. The molecule has 0 saturated carbocycles. The predicted octanol–water partition coefficient (Wildman–Crippen LogP) is 4.67. The van der Waals surface area contributed by atoms with E-state index in [4.69, 9.17) is 25.3 Å². The molecule has 1 N–H and O–H groups in total. The topological polar surface area (TPSA) is 44.8 Å². The summed E-state index contributed by atoms with van der Waals surface area (Å²) in [7, 11) is 1.87. The van der Waals surface area contributed by atoms with Crippen LogP contribution in [0.5, 0.6) is 5.75 Å². The van der Waals surface area contributed by atoms with Crippen LogP contribution in [0.1, 0.15) is 58.2 Å². The van der Waals surface area contributed by atoms with Gasteiger partial charge in [0.15, 0.2) is 0 Å². The summed E-state index contributed by atoms with van der Waals surface area (Å²) in [6.07, 6.45) is 0.785. The zero-order valence-electron chi connectivity index (χ0n) is 32.0. The van der Waals surface area contributed by atoms with Crippen molar-refractivity contribution in [2.45, 2.75) is 45.6 Å². The zero-order valence-corrected chi connectivity index (χ0v) is 17.0. The second-order valence-electron chi connectivity index (χ2n) is 7.07. The van der Waals surface area contributed by atoms with Crippen molar-refractivity contribution in [2.75, 3.05) is 26.7 Å². The second kappa shape index (κ2) is 11.1. The number of likely N-dealkylation sites (tertiary alicyclic amines) is 1. The Morgan fingerprint density at radius 1 is 1.29 bits per heavy atom. The van der Waals surface area contributed by atoms with Crippen molar-refractivity contribution in [2.24, 2.45) is 5.89 Å². The maximum atomic E-state index is 13.6. The molecule has 31 heavy (non-hydrogen) atoms. The van der Waals surface area contributed by atoms with Gasteiger partial charge in [0.25, 0.3) is 0 Å². The molecule has 168 valence electrons. The van der Waals surface area contributed by atoms with Gasteiger partial charge in [-0.05, 0) is 74.2 Å². The van der Waals surface area contributed by atoms with Gasteiger partial charge < -0.3 is 19.9 Å². The average molecular weight is 443 g/mol. The average Bonchev–Trinajstić information content (AvgIpc) is 2.94. The van der Waals surface area contributed by atoms with E-state index in [9.17, 15) is 9.18 Å². The number of carbonyl (C=O) groups is 1. The number of carbonyl (C=O) groups excluding carboxylic acids is 1. The van der Waals surface area contributed by atoms with Gasteiger partial charge in [-0.1, -0.05) is 37.9 Å². The van der Waals surface area contributed by atoms with Crippen molar-refractivity contribution < 1.29 is 34.5 Å². The summed E-state index contributed by atoms with van der Waals surface area (Å²) in [5.74, 6) is -5.66. The molecule has 0 spiro atoms. The molecule has 0 atom stereocenters. The third kappa shape index (κ3) is 7.24. The SMILES string of the molecule is [2H]c1c([2H])c(OC([2H])([2H])C([2H])(C([2H])([2H])[2H])C([2H])([2H])[2H])c([2H])c([2H])c1CNC(=O)N(C1CCN(C)CC1)C([2H])([2H])c1ccc(F)cc1. The number of amides is 2. The van der Waals surface area contributed by atoms with E-state index >= 15 is 0 Å². The molecule has 0 unspecified atom stereocenters. The fourth-order valence-corrected chi connectivity index (χ4v) is 3.04. The molecule has 2 aromatic rings. The van der Waals surface area contributed by atoms with Crippen molar-refractivity contribution in [3.8, 4) is 5.75 Å². The van der Waals surface area contributed by atoms with E-state index in [1.54, 1.807) is 0 Å². The number of rotatable bonds is 8. The Labute approximate surface area is 206 Å². The summed E-state index contributed by atoms with van der Waals surface area (Å²) < 4.78 is 139. The second-order valence-corrected chi connectivity index (χ2v) is 7.07. The lowest BCUT2D eigenvalue weighted by Gasteiger charge is -2.37. The Bertz CT molecular complexity index is 1380. The molecule has 0 bridgehead atoms. The van der Waals surface area contributed by atoms with Gasteiger partial charge in [-0.3, -0.25) is 0 Å². The van der Waals surface area contributed by atoms with Crippen LogP contribution in [-0.2, 0) is 13.0 Å². The van der Waals surface area contributed by atoms with Crippen LogP contribution in [0.3, 0.4) is 0 Å². The number of nitrogens with zero attached hydrogens (tertiary/aromatic N) is 2. The van der Waals surface area contributed by atoms with E-state index in [1.165, 1.54) is 12.1 Å². The lowest BCUT2D eigenvalue weighted by Crippen LogP contribution is -2.49. The highest BCUT2D eigenvalue weighted by Crippen LogP contribution is 2.19. The van der Waals surface area contributed by atoms with Gasteiger partial charge in [0.05, 0.1) is 17.5 Å². The monoisotopic (exact) mass is 442 g/mol. The molecule has 1 aliphatic heterocycles. The van der Waals surface area contributed by atoms with Gasteiger partial charge in [0.2, 0.25) is 0 Å². The van der Waals surface area contributed by atoms with Crippen LogP contribution in [0.4, 0.5) is 9.18 Å². The zero-order chi connectivity index (χ0) is 35.2. The van der Waals surface area contributed by atoms with Crippen molar-refractivity contribution in [1.29, 1.82) is 0 Å². The van der Waals surface area contributed by atoms with Gasteiger partial charge in [0.1, 0.15) is 11.6 Å². The van der Waals surface area contributed by atoms with E-state index in [-0.39, 0.29) is 5.56 Å². The van der Waals surface area contributed by atoms with E-state index < -0.39 is 92.6 Å². The first-order valence-corrected chi connectivity index (χ1v) is 9.68. The van der Waals surface area contributed by atoms with E-state index in [2.05, 4.69) is 5.32 Å². The largest absolute Gasteiger partial charge is 0.493 e. The van der Waals surface area contributed by atoms with Gasteiger partial charge in [-0.15, -0.1) is 0 Å². The summed E-state index contributed by atoms with van der Waals surface area (Å²) in [4.78, 5) is 16.5. The number of hydrogen-bond donors (Lipinski definition) is 1. The van der Waals surface area contributed by atoms with Gasteiger partial charge >= 0.3 is 6.03 Å². The molecule has 1 fully saturated rings. The smallest absolute Gasteiger partial charge is 0.318 e. The van der Waals surface area contributed by atoms with Gasteiger partial charge in [0, 0.05) is 28.7 Å². The summed E-state index contributed by atoms with van der Waals surface area (Å²) in [5.41, 5.74) is -0.437. The van der Waals surface area contributed by atoms with Crippen LogP contribution < -0.4 is 10.1 Å². The van der Waals surface area contributed by atoms with E-state index in [0.717, 1.165) is 17.0 Å². The Morgan fingerprint density at radius 2 is 1.97 bits per heavy atom. The quantitative estimate of drug-likeness (QED) is 0.646. The number of halogens is 1. The van der Waals surface area contributed by atoms with Crippen LogP contribution in [0.2, 0.25) is 0 Å². The molecule has 2 aromatic carbocycles. The minimum Gasteiger partial charge on any atom is -0.493 e. The normalized spacial score (nSPS) is 24.3. The predicted molar refractivity (Wildman–Crippen MR) is 121 cm³/mol. The molecule has 3 rings (SSSR count). The molecule has 1 heterocycles. The first kappa shape index (κ1) is 10.3. The lowest BCUT2D eigenvalue weighted by atomic mass is 10.0. The molecule has 0 aromatic heterocycles. The Morgan fingerprint density at radius 3 is 2.61 bits per heavy atom. The first-order valence-electron chi connectivity index (χ1n) is 17.2. The molecule has 2 amide bonds. The van der Waals surface area contributed by atoms with Crippen LogP contribution >= 0.6 is 0 Å². The van der Waals surface area contributed by atoms with Crippen LogP contribution in [0.25, 0.3) is 0 Å². The molecule has 1 saturated heterocycles. The molecular weight excluding hydrogens is 393 g/mol. The number of urea groups is 1. The number of ether oxygens (including phenoxy) is 1. The van der Waals surface area contributed by atoms with Crippen molar-refractivity contribution in [1.82, 2.24) is 15.1 Å². The number of benzene rings is 2. The summed E-state index contributed by atoms with van der Waals surface area (Å²) >= 11 is 0. The van der Waals surface area contributed by atoms with Crippen LogP contribution in [0.15, 0.2) is 48.4 Å². The minimum atomic E-state index is -3.90. The fourth-order valence-electron chi connectivity index (χ4n) is 3.04. The molecular formula is C25H34FN3O2. The molecule has 6 heteroatoms. The highest BCUT2D eigenvalue weighted by atomic mass is 19.1. The first-order chi connectivity index (χ1) is 20.9. The van der Waals surface area contributed by atoms with E-state index in [1.807, 2.05) is 11.9 Å². The molecule has 0 aliphatic carbocycles. The third-order valence-corrected chi connectivity index (χ3v) is 4.69.